The number of hydrogen-bond acceptors (Lipinski definition) is 3. The van der Waals surface area contributed by atoms with E-state index in [4.69, 9.17) is 4.74 Å². The maximum absolute atomic E-state index is 13.0. The monoisotopic (exact) mass is 342 g/mol. The summed E-state index contributed by atoms with van der Waals surface area (Å²) >= 11 is 0. The quantitative estimate of drug-likeness (QED) is 0.908. The third kappa shape index (κ3) is 4.65. The van der Waals surface area contributed by atoms with E-state index in [1.807, 2.05) is 0 Å². The van der Waals surface area contributed by atoms with Crippen molar-refractivity contribution < 1.29 is 13.9 Å². The number of rotatable bonds is 5. The Kier molecular flexibility index (Phi) is 5.79. The lowest BCUT2D eigenvalue weighted by molar-refractivity contribution is 0.0162. The molecule has 5 heteroatoms. The summed E-state index contributed by atoms with van der Waals surface area (Å²) in [6.07, 6.45) is 0. The first-order chi connectivity index (χ1) is 12.1. The third-order valence-electron chi connectivity index (χ3n) is 4.51. The Bertz CT molecular complexity index is 695. The number of amides is 1. The number of morpholine rings is 1. The molecule has 0 radical (unpaired) electrons. The van der Waals surface area contributed by atoms with Crippen molar-refractivity contribution in [2.75, 3.05) is 32.8 Å². The van der Waals surface area contributed by atoms with Crippen molar-refractivity contribution in [3.8, 4) is 0 Å². The summed E-state index contributed by atoms with van der Waals surface area (Å²) in [5.74, 6) is -0.534. The van der Waals surface area contributed by atoms with Crippen LogP contribution in [-0.4, -0.2) is 43.7 Å². The molecule has 1 fully saturated rings. The molecule has 2 aromatic carbocycles. The molecule has 25 heavy (non-hydrogen) atoms. The molecule has 132 valence electrons. The minimum atomic E-state index is -0.345. The molecule has 1 aliphatic rings. The number of nitrogens with zero attached hydrogens (tertiary/aromatic N) is 1. The lowest BCUT2D eigenvalue weighted by Crippen LogP contribution is -2.43. The summed E-state index contributed by atoms with van der Waals surface area (Å²) in [5, 5.41) is 2.99. The van der Waals surface area contributed by atoms with Gasteiger partial charge in [0.15, 0.2) is 0 Å². The first kappa shape index (κ1) is 17.6. The van der Waals surface area contributed by atoms with Gasteiger partial charge in [-0.3, -0.25) is 9.69 Å². The predicted molar refractivity (Wildman–Crippen MR) is 95.0 cm³/mol. The summed E-state index contributed by atoms with van der Waals surface area (Å²) < 4.78 is 18.5. The Hall–Kier alpha value is -2.24. The number of carbonyl (C=O) groups excluding carboxylic acids is 1. The Morgan fingerprint density at radius 3 is 2.40 bits per heavy atom. The highest BCUT2D eigenvalue weighted by molar-refractivity contribution is 5.94. The highest BCUT2D eigenvalue weighted by Crippen LogP contribution is 2.22. The second kappa shape index (κ2) is 8.23. The second-order valence-electron chi connectivity index (χ2n) is 6.29. The molecule has 3 rings (SSSR count). The largest absolute Gasteiger partial charge is 0.379 e. The topological polar surface area (TPSA) is 41.6 Å². The smallest absolute Gasteiger partial charge is 0.251 e. The maximum atomic E-state index is 13.0. The molecule has 0 aromatic heterocycles. The maximum Gasteiger partial charge on any atom is 0.251 e. The summed E-state index contributed by atoms with van der Waals surface area (Å²) in [6, 6.07) is 14.1. The molecule has 1 aliphatic heterocycles. The third-order valence-corrected chi connectivity index (χ3v) is 4.51. The van der Waals surface area contributed by atoms with E-state index in [1.165, 1.54) is 35.4 Å². The average molecular weight is 342 g/mol. The van der Waals surface area contributed by atoms with Crippen molar-refractivity contribution in [2.24, 2.45) is 0 Å². The van der Waals surface area contributed by atoms with Crippen LogP contribution in [0.4, 0.5) is 4.39 Å². The Morgan fingerprint density at radius 1 is 1.12 bits per heavy atom. The van der Waals surface area contributed by atoms with E-state index in [-0.39, 0.29) is 17.8 Å². The number of benzene rings is 2. The molecule has 1 atom stereocenters. The van der Waals surface area contributed by atoms with Crippen molar-refractivity contribution >= 4 is 5.91 Å². The Labute approximate surface area is 147 Å². The van der Waals surface area contributed by atoms with Crippen LogP contribution in [0.25, 0.3) is 0 Å². The van der Waals surface area contributed by atoms with Gasteiger partial charge in [-0.05, 0) is 36.8 Å². The lowest BCUT2D eigenvalue weighted by Gasteiger charge is -2.35. The van der Waals surface area contributed by atoms with Crippen molar-refractivity contribution in [2.45, 2.75) is 13.0 Å². The fourth-order valence-corrected chi connectivity index (χ4v) is 3.03. The van der Waals surface area contributed by atoms with Crippen LogP contribution < -0.4 is 5.32 Å². The zero-order valence-electron chi connectivity index (χ0n) is 14.4. The van der Waals surface area contributed by atoms with Gasteiger partial charge in [-0.1, -0.05) is 29.8 Å². The molecular weight excluding hydrogens is 319 g/mol. The minimum absolute atomic E-state index is 0.0916. The zero-order chi connectivity index (χ0) is 17.6. The fraction of sp³-hybridized carbons (Fsp3) is 0.350. The number of carbonyl (C=O) groups is 1. The molecule has 2 aromatic rings. The average Bonchev–Trinajstić information content (AvgIpc) is 2.64. The lowest BCUT2D eigenvalue weighted by atomic mass is 10.0. The van der Waals surface area contributed by atoms with Crippen molar-refractivity contribution in [1.82, 2.24) is 10.2 Å². The number of aryl methyl sites for hydroxylation is 1. The summed E-state index contributed by atoms with van der Waals surface area (Å²) in [6.45, 7) is 5.64. The SMILES string of the molecule is Cc1ccc([C@@H](CNC(=O)c2ccc(F)cc2)N2CCOCC2)cc1. The van der Waals surface area contributed by atoms with Gasteiger partial charge in [0.25, 0.3) is 5.91 Å². The molecule has 0 bridgehead atoms. The molecule has 1 heterocycles. The Balaban J connectivity index is 1.71. The van der Waals surface area contributed by atoms with Gasteiger partial charge in [0.05, 0.1) is 19.3 Å². The van der Waals surface area contributed by atoms with Crippen molar-refractivity contribution in [3.05, 3.63) is 71.0 Å². The standard InChI is InChI=1S/C20H23FN2O2/c1-15-2-4-16(5-3-15)19(23-10-12-25-13-11-23)14-22-20(24)17-6-8-18(21)9-7-17/h2-9,19H,10-14H2,1H3,(H,22,24)/t19-/m1/s1. The molecule has 0 saturated carbocycles. The number of hydrogen-bond donors (Lipinski definition) is 1. The van der Waals surface area contributed by atoms with Gasteiger partial charge in [-0.25, -0.2) is 4.39 Å². The molecule has 1 amide bonds. The van der Waals surface area contributed by atoms with Gasteiger partial charge in [-0.15, -0.1) is 0 Å². The van der Waals surface area contributed by atoms with E-state index >= 15 is 0 Å². The zero-order valence-corrected chi connectivity index (χ0v) is 14.4. The first-order valence-electron chi connectivity index (χ1n) is 8.55. The fourth-order valence-electron chi connectivity index (χ4n) is 3.03. The van der Waals surface area contributed by atoms with Gasteiger partial charge in [0.2, 0.25) is 0 Å². The second-order valence-corrected chi connectivity index (χ2v) is 6.29. The van der Waals surface area contributed by atoms with Crippen LogP contribution in [0, 0.1) is 12.7 Å². The van der Waals surface area contributed by atoms with E-state index in [0.717, 1.165) is 13.1 Å². The van der Waals surface area contributed by atoms with Crippen LogP contribution in [0.1, 0.15) is 27.5 Å². The highest BCUT2D eigenvalue weighted by atomic mass is 19.1. The van der Waals surface area contributed by atoms with Gasteiger partial charge >= 0.3 is 0 Å². The first-order valence-corrected chi connectivity index (χ1v) is 8.55. The van der Waals surface area contributed by atoms with Crippen LogP contribution in [0.5, 0.6) is 0 Å². The van der Waals surface area contributed by atoms with Gasteiger partial charge in [-0.2, -0.15) is 0 Å². The normalized spacial score (nSPS) is 16.4. The van der Waals surface area contributed by atoms with E-state index in [2.05, 4.69) is 41.4 Å². The number of ether oxygens (including phenoxy) is 1. The van der Waals surface area contributed by atoms with Crippen molar-refractivity contribution in [1.29, 1.82) is 0 Å². The molecular formula is C20H23FN2O2. The van der Waals surface area contributed by atoms with Gasteiger partial charge in [0.1, 0.15) is 5.82 Å². The van der Waals surface area contributed by atoms with E-state index in [1.54, 1.807) is 0 Å². The van der Waals surface area contributed by atoms with E-state index < -0.39 is 0 Å². The summed E-state index contributed by atoms with van der Waals surface area (Å²) in [7, 11) is 0. The molecule has 1 N–H and O–H groups in total. The summed E-state index contributed by atoms with van der Waals surface area (Å²) in [5.41, 5.74) is 2.85. The van der Waals surface area contributed by atoms with Gasteiger partial charge in [0, 0.05) is 25.2 Å². The minimum Gasteiger partial charge on any atom is -0.379 e. The predicted octanol–water partition coefficient (Wildman–Crippen LogP) is 2.94. The van der Waals surface area contributed by atoms with Crippen LogP contribution in [0.15, 0.2) is 48.5 Å². The van der Waals surface area contributed by atoms with Gasteiger partial charge < -0.3 is 10.1 Å². The molecule has 0 spiro atoms. The number of nitrogens with one attached hydrogen (secondary N) is 1. The Morgan fingerprint density at radius 2 is 1.76 bits per heavy atom. The highest BCUT2D eigenvalue weighted by Gasteiger charge is 2.23. The van der Waals surface area contributed by atoms with Crippen LogP contribution in [-0.2, 0) is 4.74 Å². The van der Waals surface area contributed by atoms with E-state index in [9.17, 15) is 9.18 Å². The molecule has 0 aliphatic carbocycles. The molecule has 1 saturated heterocycles. The van der Waals surface area contributed by atoms with Crippen LogP contribution >= 0.6 is 0 Å². The van der Waals surface area contributed by atoms with Crippen LogP contribution in [0.3, 0.4) is 0 Å². The van der Waals surface area contributed by atoms with Crippen molar-refractivity contribution in [3.63, 3.8) is 0 Å². The van der Waals surface area contributed by atoms with E-state index in [0.29, 0.717) is 25.3 Å². The molecule has 4 nitrogen and oxygen atoms in total. The number of halogens is 1. The van der Waals surface area contributed by atoms with Crippen LogP contribution in [0.2, 0.25) is 0 Å². The summed E-state index contributed by atoms with van der Waals surface area (Å²) in [4.78, 5) is 14.7. The molecule has 0 unspecified atom stereocenters.